The van der Waals surface area contributed by atoms with Gasteiger partial charge in [-0.1, -0.05) is 0 Å². The molecule has 1 unspecified atom stereocenters. The van der Waals surface area contributed by atoms with E-state index >= 15 is 0 Å². The molecule has 0 bridgehead atoms. The lowest BCUT2D eigenvalue weighted by molar-refractivity contribution is -0.121. The molecule has 4 nitrogen and oxygen atoms in total. The van der Waals surface area contributed by atoms with Crippen molar-refractivity contribution in [1.82, 2.24) is 15.6 Å². The number of hydrogen-bond donors (Lipinski definition) is 2. The van der Waals surface area contributed by atoms with E-state index in [0.717, 1.165) is 30.1 Å². The SMILES string of the molecule is Cc1nc(CCNC(=O)CC2CCCN2)sc1C. The summed E-state index contributed by atoms with van der Waals surface area (Å²) in [6, 6.07) is 0.384. The molecule has 2 rings (SSSR count). The highest BCUT2D eigenvalue weighted by Crippen LogP contribution is 2.16. The maximum Gasteiger partial charge on any atom is 0.221 e. The number of aryl methyl sites for hydroxylation is 2. The van der Waals surface area contributed by atoms with Crippen molar-refractivity contribution in [3.63, 3.8) is 0 Å². The Hall–Kier alpha value is -0.940. The number of nitrogens with one attached hydrogen (secondary N) is 2. The van der Waals surface area contributed by atoms with Crippen LogP contribution in [0.25, 0.3) is 0 Å². The molecule has 1 amide bonds. The summed E-state index contributed by atoms with van der Waals surface area (Å²) in [7, 11) is 0. The van der Waals surface area contributed by atoms with E-state index in [-0.39, 0.29) is 5.91 Å². The van der Waals surface area contributed by atoms with E-state index in [4.69, 9.17) is 0 Å². The van der Waals surface area contributed by atoms with Gasteiger partial charge in [-0.15, -0.1) is 11.3 Å². The molecule has 1 saturated heterocycles. The summed E-state index contributed by atoms with van der Waals surface area (Å²) in [4.78, 5) is 17.4. The molecule has 100 valence electrons. The summed E-state index contributed by atoms with van der Waals surface area (Å²) >= 11 is 1.72. The first kappa shape index (κ1) is 13.5. The molecule has 1 atom stereocenters. The average molecular weight is 267 g/mol. The maximum atomic E-state index is 11.7. The molecule has 0 aromatic carbocycles. The first-order chi connectivity index (χ1) is 8.65. The van der Waals surface area contributed by atoms with E-state index < -0.39 is 0 Å². The Morgan fingerprint density at radius 3 is 3.00 bits per heavy atom. The Morgan fingerprint density at radius 1 is 1.56 bits per heavy atom. The number of carbonyl (C=O) groups is 1. The summed E-state index contributed by atoms with van der Waals surface area (Å²) < 4.78 is 0. The number of thiazole rings is 1. The standard InChI is InChI=1S/C13H21N3OS/c1-9-10(2)18-13(16-9)5-7-15-12(17)8-11-4-3-6-14-11/h11,14H,3-8H2,1-2H3,(H,15,17). The summed E-state index contributed by atoms with van der Waals surface area (Å²) in [5.74, 6) is 0.152. The fraction of sp³-hybridized carbons (Fsp3) is 0.692. The minimum absolute atomic E-state index is 0.152. The Morgan fingerprint density at radius 2 is 2.39 bits per heavy atom. The van der Waals surface area contributed by atoms with Crippen LogP contribution in [0.2, 0.25) is 0 Å². The van der Waals surface area contributed by atoms with Gasteiger partial charge in [0, 0.05) is 30.3 Å². The van der Waals surface area contributed by atoms with Gasteiger partial charge in [0.2, 0.25) is 5.91 Å². The van der Waals surface area contributed by atoms with E-state index in [0.29, 0.717) is 19.0 Å². The normalized spacial score (nSPS) is 19.1. The molecule has 2 heterocycles. The first-order valence-electron chi connectivity index (χ1n) is 6.58. The third kappa shape index (κ3) is 3.78. The van der Waals surface area contributed by atoms with Crippen LogP contribution < -0.4 is 10.6 Å². The number of aromatic nitrogens is 1. The highest BCUT2D eigenvalue weighted by Gasteiger charge is 2.17. The molecule has 0 radical (unpaired) electrons. The van der Waals surface area contributed by atoms with Gasteiger partial charge in [0.15, 0.2) is 0 Å². The van der Waals surface area contributed by atoms with E-state index in [1.165, 1.54) is 11.3 Å². The molecule has 1 aliphatic heterocycles. The maximum absolute atomic E-state index is 11.7. The minimum atomic E-state index is 0.152. The van der Waals surface area contributed by atoms with Crippen LogP contribution in [0.4, 0.5) is 0 Å². The average Bonchev–Trinajstić information content (AvgIpc) is 2.90. The van der Waals surface area contributed by atoms with Gasteiger partial charge >= 0.3 is 0 Å². The molecule has 0 saturated carbocycles. The molecular weight excluding hydrogens is 246 g/mol. The molecular formula is C13H21N3OS. The van der Waals surface area contributed by atoms with Crippen LogP contribution in [0.3, 0.4) is 0 Å². The number of amides is 1. The quantitative estimate of drug-likeness (QED) is 0.851. The summed E-state index contributed by atoms with van der Waals surface area (Å²) in [5, 5.41) is 7.42. The molecule has 0 aliphatic carbocycles. The number of rotatable bonds is 5. The van der Waals surface area contributed by atoms with Gasteiger partial charge < -0.3 is 10.6 Å². The third-order valence-corrected chi connectivity index (χ3v) is 4.46. The van der Waals surface area contributed by atoms with Crippen LogP contribution in [0.15, 0.2) is 0 Å². The van der Waals surface area contributed by atoms with Gasteiger partial charge in [0.05, 0.1) is 10.7 Å². The van der Waals surface area contributed by atoms with Gasteiger partial charge in [-0.25, -0.2) is 4.98 Å². The van der Waals surface area contributed by atoms with Crippen LogP contribution in [-0.2, 0) is 11.2 Å². The summed E-state index contributed by atoms with van der Waals surface area (Å²) in [5.41, 5.74) is 1.11. The smallest absolute Gasteiger partial charge is 0.221 e. The molecule has 1 fully saturated rings. The van der Waals surface area contributed by atoms with Crippen LogP contribution in [0.1, 0.15) is 34.8 Å². The molecule has 1 aromatic heterocycles. The van der Waals surface area contributed by atoms with Crippen molar-refractivity contribution < 1.29 is 4.79 Å². The fourth-order valence-corrected chi connectivity index (χ4v) is 3.12. The van der Waals surface area contributed by atoms with E-state index in [9.17, 15) is 4.79 Å². The number of carbonyl (C=O) groups excluding carboxylic acids is 1. The van der Waals surface area contributed by atoms with Crippen molar-refractivity contribution in [3.05, 3.63) is 15.6 Å². The zero-order valence-corrected chi connectivity index (χ0v) is 11.9. The molecule has 1 aromatic rings. The first-order valence-corrected chi connectivity index (χ1v) is 7.40. The second-order valence-corrected chi connectivity index (χ2v) is 6.13. The Balaban J connectivity index is 1.66. The van der Waals surface area contributed by atoms with E-state index in [1.807, 2.05) is 6.92 Å². The monoisotopic (exact) mass is 267 g/mol. The highest BCUT2D eigenvalue weighted by molar-refractivity contribution is 7.11. The van der Waals surface area contributed by atoms with Gasteiger partial charge in [0.25, 0.3) is 0 Å². The van der Waals surface area contributed by atoms with E-state index in [1.54, 1.807) is 11.3 Å². The summed E-state index contributed by atoms with van der Waals surface area (Å²) in [6.07, 6.45) is 3.76. The van der Waals surface area contributed by atoms with Gasteiger partial charge in [-0.05, 0) is 33.2 Å². The van der Waals surface area contributed by atoms with Crippen LogP contribution in [-0.4, -0.2) is 30.0 Å². The van der Waals surface area contributed by atoms with Crippen LogP contribution >= 0.6 is 11.3 Å². The van der Waals surface area contributed by atoms with Crippen molar-refractivity contribution in [1.29, 1.82) is 0 Å². The summed E-state index contributed by atoms with van der Waals surface area (Å²) in [6.45, 7) is 5.86. The van der Waals surface area contributed by atoms with Crippen molar-refractivity contribution in [3.8, 4) is 0 Å². The zero-order valence-electron chi connectivity index (χ0n) is 11.1. The fourth-order valence-electron chi connectivity index (χ4n) is 2.18. The lowest BCUT2D eigenvalue weighted by atomic mass is 10.1. The topological polar surface area (TPSA) is 54.0 Å². The zero-order chi connectivity index (χ0) is 13.0. The Kier molecular flexibility index (Phi) is 4.72. The highest BCUT2D eigenvalue weighted by atomic mass is 32.1. The number of nitrogens with zero attached hydrogens (tertiary/aromatic N) is 1. The van der Waals surface area contributed by atoms with Crippen molar-refractivity contribution in [2.24, 2.45) is 0 Å². The predicted octanol–water partition coefficient (Wildman–Crippen LogP) is 1.56. The Labute approximate surface area is 112 Å². The lowest BCUT2D eigenvalue weighted by Crippen LogP contribution is -2.32. The van der Waals surface area contributed by atoms with Gasteiger partial charge in [-0.3, -0.25) is 4.79 Å². The second-order valence-electron chi connectivity index (χ2n) is 4.85. The molecule has 5 heteroatoms. The molecule has 2 N–H and O–H groups in total. The molecule has 0 spiro atoms. The van der Waals surface area contributed by atoms with E-state index in [2.05, 4.69) is 22.5 Å². The van der Waals surface area contributed by atoms with Crippen molar-refractivity contribution >= 4 is 17.2 Å². The predicted molar refractivity (Wildman–Crippen MR) is 73.9 cm³/mol. The molecule has 18 heavy (non-hydrogen) atoms. The van der Waals surface area contributed by atoms with Crippen molar-refractivity contribution in [2.45, 2.75) is 45.6 Å². The van der Waals surface area contributed by atoms with Crippen LogP contribution in [0, 0.1) is 13.8 Å². The number of hydrogen-bond acceptors (Lipinski definition) is 4. The lowest BCUT2D eigenvalue weighted by Gasteiger charge is -2.09. The molecule has 1 aliphatic rings. The largest absolute Gasteiger partial charge is 0.356 e. The van der Waals surface area contributed by atoms with Crippen molar-refractivity contribution in [2.75, 3.05) is 13.1 Å². The van der Waals surface area contributed by atoms with Crippen LogP contribution in [0.5, 0.6) is 0 Å². The van der Waals surface area contributed by atoms with Gasteiger partial charge in [-0.2, -0.15) is 0 Å². The second kappa shape index (κ2) is 6.29. The Bertz CT molecular complexity index is 391. The third-order valence-electron chi connectivity index (χ3n) is 3.33. The van der Waals surface area contributed by atoms with Gasteiger partial charge in [0.1, 0.15) is 0 Å². The minimum Gasteiger partial charge on any atom is -0.356 e.